The van der Waals surface area contributed by atoms with Crippen LogP contribution in [0, 0.1) is 16.7 Å². The van der Waals surface area contributed by atoms with Gasteiger partial charge in [-0.05, 0) is 19.3 Å². The summed E-state index contributed by atoms with van der Waals surface area (Å²) in [5, 5.41) is 9.45. The van der Waals surface area contributed by atoms with Crippen molar-refractivity contribution in [3.63, 3.8) is 0 Å². The van der Waals surface area contributed by atoms with Crippen LogP contribution in [0.1, 0.15) is 30.5 Å². The summed E-state index contributed by atoms with van der Waals surface area (Å²) in [6.07, 6.45) is 1.65. The molecule has 0 spiro atoms. The number of fused-ring (bicyclic) bond motifs is 1. The Morgan fingerprint density at radius 1 is 1.30 bits per heavy atom. The Morgan fingerprint density at radius 3 is 2.74 bits per heavy atom. The van der Waals surface area contributed by atoms with Crippen molar-refractivity contribution in [2.75, 3.05) is 19.8 Å². The number of carbonyl (C=O) groups is 1. The van der Waals surface area contributed by atoms with Crippen LogP contribution >= 0.6 is 0 Å². The van der Waals surface area contributed by atoms with Crippen LogP contribution in [0.15, 0.2) is 9.59 Å². The molecule has 2 N–H and O–H groups in total. The maximum atomic E-state index is 12.6. The van der Waals surface area contributed by atoms with E-state index in [0.29, 0.717) is 50.3 Å². The van der Waals surface area contributed by atoms with E-state index in [1.807, 2.05) is 0 Å². The molecular formula is C15H18N4O4. The zero-order valence-electron chi connectivity index (χ0n) is 12.7. The first-order valence-corrected chi connectivity index (χ1v) is 7.64. The Balaban J connectivity index is 1.75. The van der Waals surface area contributed by atoms with Crippen LogP contribution in [-0.4, -0.2) is 40.5 Å². The fraction of sp³-hybridized carbons (Fsp3) is 0.600. The molecule has 0 unspecified atom stereocenters. The first-order chi connectivity index (χ1) is 11.0. The van der Waals surface area contributed by atoms with E-state index in [1.165, 1.54) is 0 Å². The number of aromatic nitrogens is 2. The van der Waals surface area contributed by atoms with E-state index in [4.69, 9.17) is 4.74 Å². The number of nitrogens with zero attached hydrogens (tertiary/aromatic N) is 2. The molecule has 23 heavy (non-hydrogen) atoms. The van der Waals surface area contributed by atoms with Crippen LogP contribution in [0.4, 0.5) is 0 Å². The lowest BCUT2D eigenvalue weighted by atomic mass is 9.78. The van der Waals surface area contributed by atoms with Crippen LogP contribution in [0.25, 0.3) is 0 Å². The SMILES string of the molecule is N#CC1(CC(=O)N2CCc3c([nH]c(=O)[nH]c3=O)C2)CCOCC1. The van der Waals surface area contributed by atoms with Gasteiger partial charge in [-0.15, -0.1) is 0 Å². The third kappa shape index (κ3) is 3.05. The topological polar surface area (TPSA) is 119 Å². The fourth-order valence-corrected chi connectivity index (χ4v) is 3.18. The molecule has 0 atom stereocenters. The molecule has 1 fully saturated rings. The molecule has 3 heterocycles. The van der Waals surface area contributed by atoms with Crippen LogP contribution in [0.3, 0.4) is 0 Å². The van der Waals surface area contributed by atoms with Gasteiger partial charge in [0.15, 0.2) is 0 Å². The number of amides is 1. The number of ether oxygens (including phenoxy) is 1. The molecule has 2 aliphatic heterocycles. The van der Waals surface area contributed by atoms with Crippen LogP contribution < -0.4 is 11.2 Å². The number of hydrogen-bond donors (Lipinski definition) is 2. The van der Waals surface area contributed by atoms with Crippen molar-refractivity contribution in [3.8, 4) is 6.07 Å². The highest BCUT2D eigenvalue weighted by molar-refractivity contribution is 5.77. The molecule has 1 amide bonds. The van der Waals surface area contributed by atoms with Gasteiger partial charge in [0.2, 0.25) is 5.91 Å². The van der Waals surface area contributed by atoms with Crippen molar-refractivity contribution in [1.29, 1.82) is 5.26 Å². The lowest BCUT2D eigenvalue weighted by Crippen LogP contribution is -2.43. The lowest BCUT2D eigenvalue weighted by Gasteiger charge is -2.34. The van der Waals surface area contributed by atoms with Crippen molar-refractivity contribution in [3.05, 3.63) is 32.1 Å². The number of nitriles is 1. The highest BCUT2D eigenvalue weighted by atomic mass is 16.5. The number of rotatable bonds is 2. The summed E-state index contributed by atoms with van der Waals surface area (Å²) in [5.74, 6) is -0.125. The summed E-state index contributed by atoms with van der Waals surface area (Å²) in [6.45, 7) is 1.60. The van der Waals surface area contributed by atoms with Crippen LogP contribution in [0.2, 0.25) is 0 Å². The second-order valence-corrected chi connectivity index (χ2v) is 6.11. The Hall–Kier alpha value is -2.40. The van der Waals surface area contributed by atoms with Crippen molar-refractivity contribution in [1.82, 2.24) is 14.9 Å². The third-order valence-corrected chi connectivity index (χ3v) is 4.64. The molecule has 1 aromatic heterocycles. The average Bonchev–Trinajstić information content (AvgIpc) is 2.55. The predicted octanol–water partition coefficient (Wildman–Crippen LogP) is -0.342. The molecule has 0 aromatic carbocycles. The zero-order valence-corrected chi connectivity index (χ0v) is 12.7. The number of carbonyl (C=O) groups excluding carboxylic acids is 1. The summed E-state index contributed by atoms with van der Waals surface area (Å²) in [7, 11) is 0. The van der Waals surface area contributed by atoms with Gasteiger partial charge in [0.05, 0.1) is 18.0 Å². The molecule has 0 saturated carbocycles. The summed E-state index contributed by atoms with van der Waals surface area (Å²) < 4.78 is 5.27. The van der Waals surface area contributed by atoms with Crippen LogP contribution in [-0.2, 0) is 22.5 Å². The fourth-order valence-electron chi connectivity index (χ4n) is 3.18. The minimum absolute atomic E-state index is 0.125. The summed E-state index contributed by atoms with van der Waals surface area (Å²) in [4.78, 5) is 42.1. The molecule has 0 bridgehead atoms. The molecule has 0 radical (unpaired) electrons. The van der Waals surface area contributed by atoms with E-state index >= 15 is 0 Å². The minimum atomic E-state index is -0.669. The molecule has 8 heteroatoms. The van der Waals surface area contributed by atoms with E-state index in [0.717, 1.165) is 0 Å². The van der Waals surface area contributed by atoms with E-state index in [-0.39, 0.29) is 18.9 Å². The molecule has 122 valence electrons. The molecule has 3 rings (SSSR count). The van der Waals surface area contributed by atoms with Gasteiger partial charge >= 0.3 is 5.69 Å². The molecule has 2 aliphatic rings. The Bertz CT molecular complexity index is 767. The zero-order chi connectivity index (χ0) is 16.4. The van der Waals surface area contributed by atoms with E-state index in [9.17, 15) is 19.6 Å². The largest absolute Gasteiger partial charge is 0.381 e. The molecule has 0 aliphatic carbocycles. The highest BCUT2D eigenvalue weighted by Gasteiger charge is 2.37. The Labute approximate surface area is 132 Å². The van der Waals surface area contributed by atoms with Gasteiger partial charge in [-0.2, -0.15) is 5.26 Å². The minimum Gasteiger partial charge on any atom is -0.381 e. The van der Waals surface area contributed by atoms with Crippen molar-refractivity contribution >= 4 is 5.91 Å². The van der Waals surface area contributed by atoms with Gasteiger partial charge in [0.25, 0.3) is 5.56 Å². The van der Waals surface area contributed by atoms with Gasteiger partial charge in [0.1, 0.15) is 0 Å². The van der Waals surface area contributed by atoms with E-state index in [2.05, 4.69) is 16.0 Å². The van der Waals surface area contributed by atoms with Crippen molar-refractivity contribution in [2.45, 2.75) is 32.2 Å². The van der Waals surface area contributed by atoms with E-state index in [1.54, 1.807) is 4.90 Å². The predicted molar refractivity (Wildman–Crippen MR) is 79.5 cm³/mol. The van der Waals surface area contributed by atoms with Crippen molar-refractivity contribution in [2.24, 2.45) is 5.41 Å². The second-order valence-electron chi connectivity index (χ2n) is 6.11. The third-order valence-electron chi connectivity index (χ3n) is 4.64. The Kier molecular flexibility index (Phi) is 4.05. The number of H-pyrrole nitrogens is 2. The summed E-state index contributed by atoms with van der Waals surface area (Å²) in [6, 6.07) is 2.28. The first-order valence-electron chi connectivity index (χ1n) is 7.64. The number of aromatic amines is 2. The molecule has 1 aromatic rings. The van der Waals surface area contributed by atoms with Crippen LogP contribution in [0.5, 0.6) is 0 Å². The quantitative estimate of drug-likeness (QED) is 0.773. The van der Waals surface area contributed by atoms with Gasteiger partial charge < -0.3 is 14.6 Å². The number of nitrogens with one attached hydrogen (secondary N) is 2. The molecule has 1 saturated heterocycles. The number of hydrogen-bond acceptors (Lipinski definition) is 5. The first kappa shape index (κ1) is 15.5. The smallest absolute Gasteiger partial charge is 0.325 e. The standard InChI is InChI=1S/C15H18N4O4/c16-9-15(2-5-23-6-3-15)7-12(20)19-4-1-10-11(8-19)17-14(22)18-13(10)21/h1-8H2,(H2,17,18,21,22). The van der Waals surface area contributed by atoms with Gasteiger partial charge in [-0.3, -0.25) is 14.6 Å². The maximum Gasteiger partial charge on any atom is 0.325 e. The summed E-state index contributed by atoms with van der Waals surface area (Å²) >= 11 is 0. The molecular weight excluding hydrogens is 300 g/mol. The van der Waals surface area contributed by atoms with Crippen molar-refractivity contribution < 1.29 is 9.53 Å². The second kappa shape index (κ2) is 6.01. The van der Waals surface area contributed by atoms with Gasteiger partial charge in [-0.1, -0.05) is 0 Å². The van der Waals surface area contributed by atoms with Gasteiger partial charge in [0, 0.05) is 37.4 Å². The average molecular weight is 318 g/mol. The summed E-state index contributed by atoms with van der Waals surface area (Å²) in [5.41, 5.74) is -0.627. The molecule has 8 nitrogen and oxygen atoms in total. The van der Waals surface area contributed by atoms with E-state index < -0.39 is 16.7 Å². The van der Waals surface area contributed by atoms with Gasteiger partial charge in [-0.25, -0.2) is 4.79 Å². The monoisotopic (exact) mass is 318 g/mol. The highest BCUT2D eigenvalue weighted by Crippen LogP contribution is 2.34. The normalized spacial score (nSPS) is 19.7. The Morgan fingerprint density at radius 2 is 2.04 bits per heavy atom. The lowest BCUT2D eigenvalue weighted by molar-refractivity contribution is -0.135. The maximum absolute atomic E-state index is 12.6.